The average molecular weight is 270 g/mol. The SMILES string of the molecule is C[C@@H](NCc1cccc2c1OCCO2)c1cccnc1. The Balaban J connectivity index is 1.70. The summed E-state index contributed by atoms with van der Waals surface area (Å²) in [4.78, 5) is 4.15. The highest BCUT2D eigenvalue weighted by Crippen LogP contribution is 2.33. The van der Waals surface area contributed by atoms with Gasteiger partial charge in [-0.05, 0) is 24.6 Å². The number of hydrogen-bond acceptors (Lipinski definition) is 4. The molecule has 2 aromatic rings. The molecule has 0 aliphatic carbocycles. The molecular weight excluding hydrogens is 252 g/mol. The molecule has 1 aliphatic heterocycles. The largest absolute Gasteiger partial charge is 0.486 e. The Morgan fingerprint density at radius 2 is 2.10 bits per heavy atom. The molecule has 0 radical (unpaired) electrons. The fourth-order valence-corrected chi connectivity index (χ4v) is 2.29. The van der Waals surface area contributed by atoms with Gasteiger partial charge in [-0.15, -0.1) is 0 Å². The maximum absolute atomic E-state index is 5.72. The minimum Gasteiger partial charge on any atom is -0.486 e. The van der Waals surface area contributed by atoms with Crippen LogP contribution < -0.4 is 14.8 Å². The molecule has 104 valence electrons. The van der Waals surface area contributed by atoms with E-state index in [9.17, 15) is 0 Å². The van der Waals surface area contributed by atoms with Gasteiger partial charge in [0, 0.05) is 30.5 Å². The van der Waals surface area contributed by atoms with Crippen LogP contribution in [-0.4, -0.2) is 18.2 Å². The van der Waals surface area contributed by atoms with Crippen molar-refractivity contribution in [3.05, 3.63) is 53.9 Å². The standard InChI is InChI=1S/C16H18N2O2/c1-12(13-5-3-7-17-10-13)18-11-14-4-2-6-15-16(14)20-9-8-19-15/h2-7,10,12,18H,8-9,11H2,1H3/t12-/m1/s1. The van der Waals surface area contributed by atoms with Gasteiger partial charge in [0.2, 0.25) is 0 Å². The molecule has 0 saturated carbocycles. The second-order valence-corrected chi connectivity index (χ2v) is 4.83. The minimum atomic E-state index is 0.240. The van der Waals surface area contributed by atoms with Crippen molar-refractivity contribution in [2.45, 2.75) is 19.5 Å². The number of fused-ring (bicyclic) bond motifs is 1. The highest BCUT2D eigenvalue weighted by molar-refractivity contribution is 5.47. The number of aromatic nitrogens is 1. The van der Waals surface area contributed by atoms with E-state index in [-0.39, 0.29) is 6.04 Å². The lowest BCUT2D eigenvalue weighted by Gasteiger charge is -2.22. The van der Waals surface area contributed by atoms with Gasteiger partial charge in [-0.1, -0.05) is 18.2 Å². The normalized spacial score (nSPS) is 14.8. The van der Waals surface area contributed by atoms with E-state index >= 15 is 0 Å². The summed E-state index contributed by atoms with van der Waals surface area (Å²) in [6.07, 6.45) is 3.67. The van der Waals surface area contributed by atoms with Crippen molar-refractivity contribution in [2.75, 3.05) is 13.2 Å². The van der Waals surface area contributed by atoms with Crippen LogP contribution >= 0.6 is 0 Å². The number of para-hydroxylation sites is 1. The second-order valence-electron chi connectivity index (χ2n) is 4.83. The van der Waals surface area contributed by atoms with E-state index in [2.05, 4.69) is 29.4 Å². The van der Waals surface area contributed by atoms with Crippen LogP contribution in [0.5, 0.6) is 11.5 Å². The van der Waals surface area contributed by atoms with Crippen molar-refractivity contribution in [3.8, 4) is 11.5 Å². The van der Waals surface area contributed by atoms with Crippen LogP contribution in [-0.2, 0) is 6.54 Å². The molecule has 0 unspecified atom stereocenters. The zero-order valence-electron chi connectivity index (χ0n) is 11.5. The van der Waals surface area contributed by atoms with Crippen LogP contribution in [0.1, 0.15) is 24.1 Å². The summed E-state index contributed by atoms with van der Waals surface area (Å²) < 4.78 is 11.3. The molecule has 1 aromatic carbocycles. The molecule has 0 amide bonds. The zero-order chi connectivity index (χ0) is 13.8. The van der Waals surface area contributed by atoms with Gasteiger partial charge in [-0.3, -0.25) is 4.98 Å². The zero-order valence-corrected chi connectivity index (χ0v) is 11.5. The monoisotopic (exact) mass is 270 g/mol. The van der Waals surface area contributed by atoms with Gasteiger partial charge in [-0.2, -0.15) is 0 Å². The van der Waals surface area contributed by atoms with Gasteiger partial charge in [-0.25, -0.2) is 0 Å². The van der Waals surface area contributed by atoms with E-state index in [0.717, 1.165) is 23.6 Å². The van der Waals surface area contributed by atoms with E-state index in [4.69, 9.17) is 9.47 Å². The van der Waals surface area contributed by atoms with Crippen LogP contribution in [0.15, 0.2) is 42.7 Å². The van der Waals surface area contributed by atoms with E-state index in [1.54, 1.807) is 6.20 Å². The summed E-state index contributed by atoms with van der Waals surface area (Å²) in [5, 5.41) is 3.49. The number of pyridine rings is 1. The topological polar surface area (TPSA) is 43.4 Å². The summed E-state index contributed by atoms with van der Waals surface area (Å²) >= 11 is 0. The third-order valence-corrected chi connectivity index (χ3v) is 3.43. The average Bonchev–Trinajstić information content (AvgIpc) is 2.53. The van der Waals surface area contributed by atoms with Crippen LogP contribution in [0.2, 0.25) is 0 Å². The molecule has 1 aliphatic rings. The quantitative estimate of drug-likeness (QED) is 0.927. The Morgan fingerprint density at radius 3 is 2.95 bits per heavy atom. The lowest BCUT2D eigenvalue weighted by Crippen LogP contribution is -2.21. The number of nitrogens with one attached hydrogen (secondary N) is 1. The maximum atomic E-state index is 5.72. The summed E-state index contributed by atoms with van der Waals surface area (Å²) in [6, 6.07) is 10.3. The predicted molar refractivity (Wildman–Crippen MR) is 76.9 cm³/mol. The third kappa shape index (κ3) is 2.75. The number of nitrogens with zero attached hydrogens (tertiary/aromatic N) is 1. The Morgan fingerprint density at radius 1 is 1.20 bits per heavy atom. The molecule has 0 bridgehead atoms. The molecule has 0 saturated heterocycles. The van der Waals surface area contributed by atoms with Crippen molar-refractivity contribution in [1.82, 2.24) is 10.3 Å². The van der Waals surface area contributed by atoms with E-state index < -0.39 is 0 Å². The van der Waals surface area contributed by atoms with Gasteiger partial charge in [0.15, 0.2) is 11.5 Å². The molecule has 1 aromatic heterocycles. The minimum absolute atomic E-state index is 0.240. The van der Waals surface area contributed by atoms with Gasteiger partial charge in [0.05, 0.1) is 0 Å². The fourth-order valence-electron chi connectivity index (χ4n) is 2.29. The molecular formula is C16H18N2O2. The molecule has 1 N–H and O–H groups in total. The van der Waals surface area contributed by atoms with Crippen molar-refractivity contribution in [2.24, 2.45) is 0 Å². The summed E-state index contributed by atoms with van der Waals surface area (Å²) in [5.41, 5.74) is 2.30. The van der Waals surface area contributed by atoms with Crippen LogP contribution in [0.4, 0.5) is 0 Å². The molecule has 1 atom stereocenters. The summed E-state index contributed by atoms with van der Waals surface area (Å²) in [6.45, 7) is 4.10. The first-order chi connectivity index (χ1) is 9.84. The number of benzene rings is 1. The highest BCUT2D eigenvalue weighted by atomic mass is 16.6. The molecule has 2 heterocycles. The first-order valence-electron chi connectivity index (χ1n) is 6.85. The van der Waals surface area contributed by atoms with E-state index in [1.807, 2.05) is 24.4 Å². The van der Waals surface area contributed by atoms with Gasteiger partial charge in [0.25, 0.3) is 0 Å². The lowest BCUT2D eigenvalue weighted by molar-refractivity contribution is 0.169. The van der Waals surface area contributed by atoms with Crippen molar-refractivity contribution < 1.29 is 9.47 Å². The molecule has 0 fully saturated rings. The van der Waals surface area contributed by atoms with Gasteiger partial charge in [0.1, 0.15) is 13.2 Å². The van der Waals surface area contributed by atoms with E-state index in [0.29, 0.717) is 13.2 Å². The second kappa shape index (κ2) is 5.92. The summed E-state index contributed by atoms with van der Waals surface area (Å²) in [5.74, 6) is 1.70. The van der Waals surface area contributed by atoms with Crippen molar-refractivity contribution >= 4 is 0 Å². The first-order valence-corrected chi connectivity index (χ1v) is 6.85. The Labute approximate surface area is 118 Å². The number of ether oxygens (including phenoxy) is 2. The van der Waals surface area contributed by atoms with Crippen LogP contribution in [0.25, 0.3) is 0 Å². The molecule has 20 heavy (non-hydrogen) atoms. The Hall–Kier alpha value is -2.07. The third-order valence-electron chi connectivity index (χ3n) is 3.43. The van der Waals surface area contributed by atoms with Gasteiger partial charge >= 0.3 is 0 Å². The highest BCUT2D eigenvalue weighted by Gasteiger charge is 2.15. The fraction of sp³-hybridized carbons (Fsp3) is 0.312. The molecule has 3 rings (SSSR count). The van der Waals surface area contributed by atoms with Crippen LogP contribution in [0, 0.1) is 0 Å². The van der Waals surface area contributed by atoms with E-state index in [1.165, 1.54) is 5.56 Å². The first kappa shape index (κ1) is 12.9. The molecule has 4 nitrogen and oxygen atoms in total. The van der Waals surface area contributed by atoms with Crippen molar-refractivity contribution in [3.63, 3.8) is 0 Å². The smallest absolute Gasteiger partial charge is 0.165 e. The number of hydrogen-bond donors (Lipinski definition) is 1. The Kier molecular flexibility index (Phi) is 3.83. The summed E-state index contributed by atoms with van der Waals surface area (Å²) in [7, 11) is 0. The molecule has 4 heteroatoms. The maximum Gasteiger partial charge on any atom is 0.165 e. The lowest BCUT2D eigenvalue weighted by atomic mass is 10.1. The van der Waals surface area contributed by atoms with Crippen LogP contribution in [0.3, 0.4) is 0 Å². The van der Waals surface area contributed by atoms with Crippen molar-refractivity contribution in [1.29, 1.82) is 0 Å². The van der Waals surface area contributed by atoms with Gasteiger partial charge < -0.3 is 14.8 Å². The predicted octanol–water partition coefficient (Wildman–Crippen LogP) is 2.70. The molecule has 0 spiro atoms. The Bertz CT molecular complexity index is 572. The number of rotatable bonds is 4.